The summed E-state index contributed by atoms with van der Waals surface area (Å²) in [6.45, 7) is 1.90. The van der Waals surface area contributed by atoms with E-state index in [1.54, 1.807) is 10.7 Å². The van der Waals surface area contributed by atoms with Gasteiger partial charge in [-0.25, -0.2) is 4.98 Å². The quantitative estimate of drug-likeness (QED) is 0.423. The Morgan fingerprint density at radius 3 is 2.93 bits per heavy atom. The molecular weight excluding hydrogens is 202 g/mol. The minimum absolute atomic E-state index is 0.397. The van der Waals surface area contributed by atoms with Crippen molar-refractivity contribution in [1.82, 2.24) is 14.8 Å². The van der Waals surface area contributed by atoms with E-state index in [0.29, 0.717) is 5.15 Å². The highest BCUT2D eigenvalue weighted by molar-refractivity contribution is 6.30. The summed E-state index contributed by atoms with van der Waals surface area (Å²) in [5.74, 6) is 5.39. The van der Waals surface area contributed by atoms with Gasteiger partial charge in [-0.3, -0.25) is 10.5 Å². The molecule has 2 rings (SSSR count). The van der Waals surface area contributed by atoms with Crippen LogP contribution in [0.4, 0.5) is 5.69 Å². The number of rotatable bonds is 1. The Labute approximate surface area is 85.8 Å². The van der Waals surface area contributed by atoms with Gasteiger partial charge in [0.25, 0.3) is 0 Å². The average Bonchev–Trinajstić information content (AvgIpc) is 2.41. The smallest absolute Gasteiger partial charge is 0.161 e. The SMILES string of the molecule is Cc1nn(C)c2nc(Cl)cc(NN)c12. The summed E-state index contributed by atoms with van der Waals surface area (Å²) in [5, 5.41) is 5.54. The molecule has 0 aliphatic rings. The number of anilines is 1. The molecule has 0 fully saturated rings. The Morgan fingerprint density at radius 1 is 1.57 bits per heavy atom. The molecule has 2 heterocycles. The van der Waals surface area contributed by atoms with Crippen LogP contribution < -0.4 is 11.3 Å². The largest absolute Gasteiger partial charge is 0.323 e. The molecule has 0 atom stereocenters. The second kappa shape index (κ2) is 3.11. The van der Waals surface area contributed by atoms with Crippen molar-refractivity contribution in [2.45, 2.75) is 6.92 Å². The van der Waals surface area contributed by atoms with Crippen LogP contribution in [-0.4, -0.2) is 14.8 Å². The normalized spacial score (nSPS) is 10.9. The Balaban J connectivity index is 2.90. The van der Waals surface area contributed by atoms with Crippen LogP contribution in [0.1, 0.15) is 5.69 Å². The topological polar surface area (TPSA) is 68.8 Å². The second-order valence-corrected chi connectivity index (χ2v) is 3.43. The van der Waals surface area contributed by atoms with Crippen LogP contribution in [0.15, 0.2) is 6.07 Å². The standard InChI is InChI=1S/C8H10ClN5/c1-4-7-5(12-10)3-6(9)11-8(7)14(2)13-4/h3H,10H2,1-2H3,(H,11,12). The fraction of sp³-hybridized carbons (Fsp3) is 0.250. The van der Waals surface area contributed by atoms with E-state index in [1.807, 2.05) is 14.0 Å². The van der Waals surface area contributed by atoms with Crippen LogP contribution in [0.2, 0.25) is 5.15 Å². The molecule has 14 heavy (non-hydrogen) atoms. The van der Waals surface area contributed by atoms with Gasteiger partial charge in [-0.1, -0.05) is 11.6 Å². The first-order valence-electron chi connectivity index (χ1n) is 4.10. The first-order chi connectivity index (χ1) is 6.63. The zero-order valence-electron chi connectivity index (χ0n) is 7.87. The van der Waals surface area contributed by atoms with E-state index in [4.69, 9.17) is 17.4 Å². The number of nitrogens with zero attached hydrogens (tertiary/aromatic N) is 3. The van der Waals surface area contributed by atoms with Gasteiger partial charge in [-0.05, 0) is 6.92 Å². The van der Waals surface area contributed by atoms with Crippen molar-refractivity contribution in [3.63, 3.8) is 0 Å². The average molecular weight is 212 g/mol. The summed E-state index contributed by atoms with van der Waals surface area (Å²) in [6.07, 6.45) is 0. The van der Waals surface area contributed by atoms with Crippen LogP contribution in [0, 0.1) is 6.92 Å². The fourth-order valence-electron chi connectivity index (χ4n) is 1.53. The highest BCUT2D eigenvalue weighted by Gasteiger charge is 2.11. The number of aromatic nitrogens is 3. The molecule has 0 bridgehead atoms. The molecule has 0 spiro atoms. The van der Waals surface area contributed by atoms with Crippen molar-refractivity contribution in [2.24, 2.45) is 12.9 Å². The van der Waals surface area contributed by atoms with Gasteiger partial charge < -0.3 is 5.43 Å². The van der Waals surface area contributed by atoms with Crippen LogP contribution in [0.5, 0.6) is 0 Å². The molecule has 0 aromatic carbocycles. The summed E-state index contributed by atoms with van der Waals surface area (Å²) < 4.78 is 1.68. The number of hydrazine groups is 1. The molecule has 0 amide bonds. The molecule has 0 radical (unpaired) electrons. The van der Waals surface area contributed by atoms with Gasteiger partial charge in [0.15, 0.2) is 5.65 Å². The van der Waals surface area contributed by atoms with Crippen LogP contribution >= 0.6 is 11.6 Å². The van der Waals surface area contributed by atoms with Gasteiger partial charge in [0.2, 0.25) is 0 Å². The summed E-state index contributed by atoms with van der Waals surface area (Å²) in [4.78, 5) is 4.17. The number of nitrogen functional groups attached to an aromatic ring is 1. The lowest BCUT2D eigenvalue weighted by Gasteiger charge is -2.02. The van der Waals surface area contributed by atoms with Crippen molar-refractivity contribution in [3.05, 3.63) is 16.9 Å². The minimum atomic E-state index is 0.397. The van der Waals surface area contributed by atoms with E-state index in [-0.39, 0.29) is 0 Å². The van der Waals surface area contributed by atoms with Crippen molar-refractivity contribution in [3.8, 4) is 0 Å². The Morgan fingerprint density at radius 2 is 2.29 bits per heavy atom. The van der Waals surface area contributed by atoms with Gasteiger partial charge in [0.1, 0.15) is 5.15 Å². The fourth-order valence-corrected chi connectivity index (χ4v) is 1.72. The van der Waals surface area contributed by atoms with Crippen LogP contribution in [0.3, 0.4) is 0 Å². The van der Waals surface area contributed by atoms with E-state index in [9.17, 15) is 0 Å². The van der Waals surface area contributed by atoms with Gasteiger partial charge in [-0.2, -0.15) is 5.10 Å². The van der Waals surface area contributed by atoms with E-state index < -0.39 is 0 Å². The highest BCUT2D eigenvalue weighted by atomic mass is 35.5. The van der Waals surface area contributed by atoms with Crippen LogP contribution in [0.25, 0.3) is 11.0 Å². The van der Waals surface area contributed by atoms with Crippen molar-refractivity contribution in [1.29, 1.82) is 0 Å². The predicted molar refractivity (Wildman–Crippen MR) is 56.1 cm³/mol. The lowest BCUT2D eigenvalue weighted by atomic mass is 10.2. The van der Waals surface area contributed by atoms with Gasteiger partial charge in [-0.15, -0.1) is 0 Å². The molecule has 0 saturated carbocycles. The molecule has 0 aliphatic heterocycles. The summed E-state index contributed by atoms with van der Waals surface area (Å²) in [6, 6.07) is 1.68. The van der Waals surface area contributed by atoms with Gasteiger partial charge in [0, 0.05) is 13.1 Å². The maximum atomic E-state index is 5.84. The first kappa shape index (κ1) is 9.23. The molecule has 3 N–H and O–H groups in total. The second-order valence-electron chi connectivity index (χ2n) is 3.04. The number of nitrogens with two attached hydrogens (primary N) is 1. The number of aryl methyl sites for hydroxylation is 2. The molecule has 74 valence electrons. The monoisotopic (exact) mass is 211 g/mol. The third kappa shape index (κ3) is 1.21. The number of nitrogens with one attached hydrogen (secondary N) is 1. The number of pyridine rings is 1. The van der Waals surface area contributed by atoms with E-state index in [1.165, 1.54) is 0 Å². The minimum Gasteiger partial charge on any atom is -0.323 e. The van der Waals surface area contributed by atoms with Crippen molar-refractivity contribution in [2.75, 3.05) is 5.43 Å². The number of halogens is 1. The van der Waals surface area contributed by atoms with Crippen molar-refractivity contribution >= 4 is 28.3 Å². The summed E-state index contributed by atoms with van der Waals surface area (Å²) in [7, 11) is 1.82. The molecule has 2 aromatic rings. The Hall–Kier alpha value is -1.33. The third-order valence-electron chi connectivity index (χ3n) is 2.09. The van der Waals surface area contributed by atoms with E-state index >= 15 is 0 Å². The maximum absolute atomic E-state index is 5.84. The van der Waals surface area contributed by atoms with Crippen LogP contribution in [-0.2, 0) is 7.05 Å². The van der Waals surface area contributed by atoms with E-state index in [0.717, 1.165) is 22.4 Å². The maximum Gasteiger partial charge on any atom is 0.161 e. The predicted octanol–water partition coefficient (Wildman–Crippen LogP) is 1.22. The zero-order valence-corrected chi connectivity index (χ0v) is 8.63. The molecular formula is C8H10ClN5. The number of fused-ring (bicyclic) bond motifs is 1. The number of hydrogen-bond donors (Lipinski definition) is 2. The zero-order chi connectivity index (χ0) is 10.3. The van der Waals surface area contributed by atoms with Crippen molar-refractivity contribution < 1.29 is 0 Å². The number of hydrogen-bond acceptors (Lipinski definition) is 4. The summed E-state index contributed by atoms with van der Waals surface area (Å²) in [5.41, 5.74) is 4.93. The third-order valence-corrected chi connectivity index (χ3v) is 2.29. The lowest BCUT2D eigenvalue weighted by molar-refractivity contribution is 0.774. The molecule has 2 aromatic heterocycles. The highest BCUT2D eigenvalue weighted by Crippen LogP contribution is 2.26. The van der Waals surface area contributed by atoms with Gasteiger partial charge in [0.05, 0.1) is 16.8 Å². The Kier molecular flexibility index (Phi) is 2.05. The van der Waals surface area contributed by atoms with E-state index in [2.05, 4.69) is 15.5 Å². The molecule has 0 aliphatic carbocycles. The Bertz CT molecular complexity index is 490. The lowest BCUT2D eigenvalue weighted by Crippen LogP contribution is -2.07. The molecule has 6 heteroatoms. The molecule has 0 saturated heterocycles. The first-order valence-corrected chi connectivity index (χ1v) is 4.47. The molecule has 5 nitrogen and oxygen atoms in total. The molecule has 0 unspecified atom stereocenters. The summed E-state index contributed by atoms with van der Waals surface area (Å²) >= 11 is 5.84. The van der Waals surface area contributed by atoms with Gasteiger partial charge >= 0.3 is 0 Å².